The minimum atomic E-state index is -0.738. The molecule has 1 aliphatic rings. The molecule has 80 valence electrons. The molecule has 0 spiro atoms. The highest BCUT2D eigenvalue weighted by atomic mass is 19.1. The quantitative estimate of drug-likeness (QED) is 0.777. The van der Waals surface area contributed by atoms with Crippen LogP contribution >= 0.6 is 0 Å². The molecular formula is C10H12FN3O. The van der Waals surface area contributed by atoms with Crippen LogP contribution < -0.4 is 10.6 Å². The van der Waals surface area contributed by atoms with E-state index in [1.165, 1.54) is 0 Å². The molecule has 1 amide bonds. The number of pyridine rings is 1. The van der Waals surface area contributed by atoms with Crippen molar-refractivity contribution in [1.82, 2.24) is 4.98 Å². The molecule has 0 radical (unpaired) electrons. The number of alkyl halides is 1. The Balaban J connectivity index is 2.09. The van der Waals surface area contributed by atoms with Gasteiger partial charge < -0.3 is 10.6 Å². The fourth-order valence-corrected chi connectivity index (χ4v) is 1.57. The maximum absolute atomic E-state index is 12.6. The maximum atomic E-state index is 12.6. The van der Waals surface area contributed by atoms with Crippen molar-refractivity contribution in [1.29, 1.82) is 0 Å². The second-order valence-electron chi connectivity index (χ2n) is 3.65. The predicted molar refractivity (Wildman–Crippen MR) is 54.2 cm³/mol. The van der Waals surface area contributed by atoms with E-state index in [0.717, 1.165) is 5.69 Å². The second-order valence-corrected chi connectivity index (χ2v) is 3.65. The Kier molecular flexibility index (Phi) is 2.53. The van der Waals surface area contributed by atoms with E-state index in [1.54, 1.807) is 18.3 Å². The van der Waals surface area contributed by atoms with E-state index in [4.69, 9.17) is 5.73 Å². The van der Waals surface area contributed by atoms with Gasteiger partial charge in [-0.3, -0.25) is 9.78 Å². The number of carbonyl (C=O) groups excluding carboxylic acids is 1. The molecule has 0 aromatic carbocycles. The van der Waals surface area contributed by atoms with Gasteiger partial charge in [-0.25, -0.2) is 4.39 Å². The van der Waals surface area contributed by atoms with Gasteiger partial charge in [-0.1, -0.05) is 0 Å². The molecule has 4 nitrogen and oxygen atoms in total. The van der Waals surface area contributed by atoms with Gasteiger partial charge in [-0.15, -0.1) is 0 Å². The molecule has 15 heavy (non-hydrogen) atoms. The first-order valence-corrected chi connectivity index (χ1v) is 4.77. The average Bonchev–Trinajstić information content (AvgIpc) is 2.12. The Morgan fingerprint density at radius 1 is 1.67 bits per heavy atom. The molecule has 0 saturated carbocycles. The van der Waals surface area contributed by atoms with Crippen molar-refractivity contribution >= 4 is 11.6 Å². The SMILES string of the molecule is NC(=O)Cc1cc(N2CC(F)C2)ccn1. The Bertz CT molecular complexity index is 377. The predicted octanol–water partition coefficient (Wildman–Crippen LogP) is 0.267. The molecule has 0 unspecified atom stereocenters. The van der Waals surface area contributed by atoms with Crippen LogP contribution in [0.15, 0.2) is 18.3 Å². The summed E-state index contributed by atoms with van der Waals surface area (Å²) in [5.74, 6) is -0.411. The van der Waals surface area contributed by atoms with E-state index in [0.29, 0.717) is 18.8 Å². The number of halogens is 1. The number of anilines is 1. The van der Waals surface area contributed by atoms with E-state index in [2.05, 4.69) is 4.98 Å². The molecule has 0 bridgehead atoms. The van der Waals surface area contributed by atoms with Crippen molar-refractivity contribution in [2.24, 2.45) is 5.73 Å². The van der Waals surface area contributed by atoms with Crippen LogP contribution in [0.1, 0.15) is 5.69 Å². The van der Waals surface area contributed by atoms with Gasteiger partial charge in [-0.05, 0) is 12.1 Å². The zero-order chi connectivity index (χ0) is 10.8. The highest BCUT2D eigenvalue weighted by molar-refractivity contribution is 5.76. The Morgan fingerprint density at radius 2 is 2.40 bits per heavy atom. The molecule has 2 heterocycles. The molecule has 1 saturated heterocycles. The zero-order valence-electron chi connectivity index (χ0n) is 8.19. The molecule has 1 aromatic heterocycles. The summed E-state index contributed by atoms with van der Waals surface area (Å²) in [5.41, 5.74) is 6.59. The summed E-state index contributed by atoms with van der Waals surface area (Å²) < 4.78 is 12.6. The smallest absolute Gasteiger partial charge is 0.223 e. The highest BCUT2D eigenvalue weighted by Crippen LogP contribution is 2.22. The average molecular weight is 209 g/mol. The molecule has 1 aromatic rings. The third-order valence-corrected chi connectivity index (χ3v) is 2.36. The van der Waals surface area contributed by atoms with Gasteiger partial charge in [0, 0.05) is 11.9 Å². The number of amides is 1. The molecule has 0 aliphatic carbocycles. The monoisotopic (exact) mass is 209 g/mol. The van der Waals surface area contributed by atoms with Crippen molar-refractivity contribution in [3.8, 4) is 0 Å². The van der Waals surface area contributed by atoms with Gasteiger partial charge in [0.05, 0.1) is 25.2 Å². The molecule has 1 fully saturated rings. The molecule has 0 atom stereocenters. The van der Waals surface area contributed by atoms with Crippen LogP contribution in [0.4, 0.5) is 10.1 Å². The largest absolute Gasteiger partial charge is 0.369 e. The molecule has 2 N–H and O–H groups in total. The first kappa shape index (κ1) is 9.89. The van der Waals surface area contributed by atoms with Crippen molar-refractivity contribution in [2.45, 2.75) is 12.6 Å². The lowest BCUT2D eigenvalue weighted by Crippen LogP contribution is -2.48. The summed E-state index contributed by atoms with van der Waals surface area (Å²) >= 11 is 0. The van der Waals surface area contributed by atoms with E-state index >= 15 is 0 Å². The third-order valence-electron chi connectivity index (χ3n) is 2.36. The third kappa shape index (κ3) is 2.23. The summed E-state index contributed by atoms with van der Waals surface area (Å²) in [4.78, 5) is 16.6. The lowest BCUT2D eigenvalue weighted by atomic mass is 10.1. The highest BCUT2D eigenvalue weighted by Gasteiger charge is 2.26. The van der Waals surface area contributed by atoms with Crippen LogP contribution in [0.5, 0.6) is 0 Å². The van der Waals surface area contributed by atoms with Crippen LogP contribution in [0, 0.1) is 0 Å². The fourth-order valence-electron chi connectivity index (χ4n) is 1.57. The van der Waals surface area contributed by atoms with Crippen LogP contribution in [0.25, 0.3) is 0 Å². The second kappa shape index (κ2) is 3.84. The van der Waals surface area contributed by atoms with E-state index in [1.807, 2.05) is 4.90 Å². The van der Waals surface area contributed by atoms with Crippen molar-refractivity contribution in [2.75, 3.05) is 18.0 Å². The lowest BCUT2D eigenvalue weighted by Gasteiger charge is -2.36. The summed E-state index contributed by atoms with van der Waals surface area (Å²) in [6.45, 7) is 0.833. The summed E-state index contributed by atoms with van der Waals surface area (Å²) in [5, 5.41) is 0. The van der Waals surface area contributed by atoms with Gasteiger partial charge in [0.2, 0.25) is 5.91 Å². The Morgan fingerprint density at radius 3 is 3.00 bits per heavy atom. The van der Waals surface area contributed by atoms with Gasteiger partial charge >= 0.3 is 0 Å². The number of nitrogens with two attached hydrogens (primary N) is 1. The number of hydrogen-bond donors (Lipinski definition) is 1. The normalized spacial score (nSPS) is 16.2. The molecular weight excluding hydrogens is 197 g/mol. The molecule has 1 aliphatic heterocycles. The van der Waals surface area contributed by atoms with E-state index in [-0.39, 0.29) is 6.42 Å². The van der Waals surface area contributed by atoms with Crippen LogP contribution in [0.2, 0.25) is 0 Å². The van der Waals surface area contributed by atoms with Gasteiger partial charge in [0.25, 0.3) is 0 Å². The number of hydrogen-bond acceptors (Lipinski definition) is 3. The van der Waals surface area contributed by atoms with E-state index < -0.39 is 12.1 Å². The number of nitrogens with zero attached hydrogens (tertiary/aromatic N) is 2. The Hall–Kier alpha value is -1.65. The number of aromatic nitrogens is 1. The van der Waals surface area contributed by atoms with Gasteiger partial charge in [-0.2, -0.15) is 0 Å². The van der Waals surface area contributed by atoms with Crippen molar-refractivity contribution in [3.05, 3.63) is 24.0 Å². The number of primary amides is 1. The standard InChI is InChI=1S/C10H12FN3O/c11-7-5-14(6-7)9-1-2-13-8(3-9)4-10(12)15/h1-3,7H,4-6H2,(H2,12,15). The number of rotatable bonds is 3. The van der Waals surface area contributed by atoms with Gasteiger partial charge in [0.15, 0.2) is 0 Å². The van der Waals surface area contributed by atoms with Gasteiger partial charge in [0.1, 0.15) is 6.17 Å². The van der Waals surface area contributed by atoms with Crippen LogP contribution in [0.3, 0.4) is 0 Å². The van der Waals surface area contributed by atoms with Crippen molar-refractivity contribution < 1.29 is 9.18 Å². The molecule has 5 heteroatoms. The Labute approximate surface area is 86.9 Å². The van der Waals surface area contributed by atoms with Crippen LogP contribution in [-0.2, 0) is 11.2 Å². The van der Waals surface area contributed by atoms with Crippen molar-refractivity contribution in [3.63, 3.8) is 0 Å². The lowest BCUT2D eigenvalue weighted by molar-refractivity contribution is -0.117. The molecule has 2 rings (SSSR count). The first-order chi connectivity index (χ1) is 7.15. The zero-order valence-corrected chi connectivity index (χ0v) is 8.19. The van der Waals surface area contributed by atoms with Crippen LogP contribution in [-0.4, -0.2) is 30.2 Å². The summed E-state index contributed by atoms with van der Waals surface area (Å²) in [6, 6.07) is 3.58. The number of carbonyl (C=O) groups is 1. The fraction of sp³-hybridized carbons (Fsp3) is 0.400. The maximum Gasteiger partial charge on any atom is 0.223 e. The minimum Gasteiger partial charge on any atom is -0.369 e. The topological polar surface area (TPSA) is 59.2 Å². The minimum absolute atomic E-state index is 0.126. The van der Waals surface area contributed by atoms with E-state index in [9.17, 15) is 9.18 Å². The summed E-state index contributed by atoms with van der Waals surface area (Å²) in [7, 11) is 0. The first-order valence-electron chi connectivity index (χ1n) is 4.77. The summed E-state index contributed by atoms with van der Waals surface area (Å²) in [6.07, 6.45) is 0.998.